The van der Waals surface area contributed by atoms with Crippen molar-refractivity contribution in [3.63, 3.8) is 0 Å². The first kappa shape index (κ1) is 8.81. The molecule has 0 fully saturated rings. The highest BCUT2D eigenvalue weighted by molar-refractivity contribution is 6.07. The fraction of sp³-hybridized carbons (Fsp3) is 0.182. The van der Waals surface area contributed by atoms with E-state index in [-0.39, 0.29) is 0 Å². The van der Waals surface area contributed by atoms with Crippen LogP contribution in [0, 0.1) is 0 Å². The molecule has 1 N–H and O–H groups in total. The van der Waals surface area contributed by atoms with Crippen LogP contribution in [-0.4, -0.2) is 18.2 Å². The number of ether oxygens (including phenoxy) is 1. The van der Waals surface area contributed by atoms with E-state index in [2.05, 4.69) is 0 Å². The van der Waals surface area contributed by atoms with Gasteiger partial charge in [-0.3, -0.25) is 0 Å². The number of carbonyl (C=O) groups is 1. The van der Waals surface area contributed by atoms with Gasteiger partial charge in [-0.1, -0.05) is 12.1 Å². The molecule has 0 spiro atoms. The second kappa shape index (κ2) is 3.18. The van der Waals surface area contributed by atoms with Gasteiger partial charge in [-0.2, -0.15) is 0 Å². The number of carboxylic acid groups (broad SMARTS) is 1. The van der Waals surface area contributed by atoms with E-state index in [4.69, 9.17) is 9.84 Å². The molecule has 0 radical (unpaired) electrons. The van der Waals surface area contributed by atoms with Gasteiger partial charge in [0.15, 0.2) is 0 Å². The molecule has 0 bridgehead atoms. The van der Waals surface area contributed by atoms with Crippen molar-refractivity contribution in [3.8, 4) is 5.75 Å². The summed E-state index contributed by atoms with van der Waals surface area (Å²) in [5, 5.41) is 8.70. The van der Waals surface area contributed by atoms with E-state index in [0.29, 0.717) is 12.0 Å². The Balaban J connectivity index is 2.24. The lowest BCUT2D eigenvalue weighted by Gasteiger charge is -1.98. The van der Waals surface area contributed by atoms with Gasteiger partial charge in [0.25, 0.3) is 0 Å². The van der Waals surface area contributed by atoms with Crippen molar-refractivity contribution in [2.24, 2.45) is 0 Å². The van der Waals surface area contributed by atoms with Gasteiger partial charge in [-0.05, 0) is 23.3 Å². The molecule has 3 nitrogen and oxygen atoms in total. The molecule has 0 saturated carbocycles. The van der Waals surface area contributed by atoms with E-state index in [9.17, 15) is 4.79 Å². The summed E-state index contributed by atoms with van der Waals surface area (Å²) in [6, 6.07) is 7.43. The molecule has 0 aliphatic heterocycles. The molecule has 72 valence electrons. The quantitative estimate of drug-likeness (QED) is 0.792. The zero-order chi connectivity index (χ0) is 10.1. The lowest BCUT2D eigenvalue weighted by Crippen LogP contribution is -1.88. The monoisotopic (exact) mass is 190 g/mol. The van der Waals surface area contributed by atoms with Crippen LogP contribution in [0.3, 0.4) is 0 Å². The Kier molecular flexibility index (Phi) is 2.00. The van der Waals surface area contributed by atoms with Crippen LogP contribution >= 0.6 is 0 Å². The molecule has 0 atom stereocenters. The van der Waals surface area contributed by atoms with Crippen molar-refractivity contribution in [3.05, 3.63) is 35.4 Å². The summed E-state index contributed by atoms with van der Waals surface area (Å²) in [5.74, 6) is -0.0253. The third kappa shape index (κ3) is 1.48. The van der Waals surface area contributed by atoms with E-state index >= 15 is 0 Å². The largest absolute Gasteiger partial charge is 0.497 e. The highest BCUT2D eigenvalue weighted by Crippen LogP contribution is 2.40. The van der Waals surface area contributed by atoms with Gasteiger partial charge in [0.05, 0.1) is 7.11 Å². The average Bonchev–Trinajstić information content (AvgIpc) is 2.97. The van der Waals surface area contributed by atoms with Gasteiger partial charge in [0.2, 0.25) is 0 Å². The minimum absolute atomic E-state index is 0.523. The van der Waals surface area contributed by atoms with Crippen LogP contribution in [0.25, 0.3) is 5.57 Å². The van der Waals surface area contributed by atoms with Crippen molar-refractivity contribution in [1.82, 2.24) is 0 Å². The Bertz CT molecular complexity index is 401. The van der Waals surface area contributed by atoms with Crippen LogP contribution in [0.2, 0.25) is 0 Å². The Morgan fingerprint density at radius 1 is 1.36 bits per heavy atom. The maximum absolute atomic E-state index is 10.6. The number of carboxylic acids is 1. The second-order valence-electron chi connectivity index (χ2n) is 3.17. The molecule has 0 heterocycles. The number of hydrogen-bond donors (Lipinski definition) is 1. The molecule has 3 heteroatoms. The Hall–Kier alpha value is -1.77. The average molecular weight is 190 g/mol. The zero-order valence-electron chi connectivity index (χ0n) is 7.78. The number of rotatable bonds is 3. The van der Waals surface area contributed by atoms with E-state index in [1.807, 2.05) is 24.3 Å². The number of methoxy groups -OCH3 is 1. The van der Waals surface area contributed by atoms with Crippen LogP contribution in [-0.2, 0) is 4.79 Å². The van der Waals surface area contributed by atoms with Crippen LogP contribution < -0.4 is 4.74 Å². The van der Waals surface area contributed by atoms with Gasteiger partial charge in [0, 0.05) is 12.0 Å². The first-order valence-corrected chi connectivity index (χ1v) is 4.32. The molecule has 0 unspecified atom stereocenters. The normalized spacial score (nSPS) is 14.1. The highest BCUT2D eigenvalue weighted by Gasteiger charge is 2.28. The summed E-state index contributed by atoms with van der Waals surface area (Å²) < 4.78 is 5.01. The van der Waals surface area contributed by atoms with Gasteiger partial charge in [0.1, 0.15) is 5.75 Å². The SMILES string of the molecule is COc1ccc(C2=C(C(=O)O)C2)cc1. The van der Waals surface area contributed by atoms with Crippen molar-refractivity contribution in [1.29, 1.82) is 0 Å². The smallest absolute Gasteiger partial charge is 0.332 e. The van der Waals surface area contributed by atoms with Gasteiger partial charge in [-0.25, -0.2) is 4.79 Å². The minimum atomic E-state index is -0.809. The third-order valence-corrected chi connectivity index (χ3v) is 2.29. The van der Waals surface area contributed by atoms with E-state index in [1.165, 1.54) is 0 Å². The summed E-state index contributed by atoms with van der Waals surface area (Å²) in [6.45, 7) is 0. The molecule has 0 aromatic heterocycles. The van der Waals surface area contributed by atoms with Crippen molar-refractivity contribution >= 4 is 11.5 Å². The summed E-state index contributed by atoms with van der Waals surface area (Å²) in [5.41, 5.74) is 2.43. The summed E-state index contributed by atoms with van der Waals surface area (Å²) in [7, 11) is 1.61. The van der Waals surface area contributed by atoms with E-state index in [1.54, 1.807) is 7.11 Å². The van der Waals surface area contributed by atoms with Gasteiger partial charge < -0.3 is 9.84 Å². The molecule has 0 amide bonds. The minimum Gasteiger partial charge on any atom is -0.497 e. The zero-order valence-corrected chi connectivity index (χ0v) is 7.78. The first-order valence-electron chi connectivity index (χ1n) is 4.32. The molecular weight excluding hydrogens is 180 g/mol. The molecule has 1 aliphatic carbocycles. The third-order valence-electron chi connectivity index (χ3n) is 2.29. The molecule has 2 rings (SSSR count). The molecule has 1 aliphatic rings. The number of hydrogen-bond acceptors (Lipinski definition) is 2. The maximum atomic E-state index is 10.6. The molecule has 0 saturated heterocycles. The van der Waals surface area contributed by atoms with Crippen LogP contribution in [0.15, 0.2) is 29.8 Å². The summed E-state index contributed by atoms with van der Waals surface area (Å²) >= 11 is 0. The second-order valence-corrected chi connectivity index (χ2v) is 3.17. The number of benzene rings is 1. The van der Waals surface area contributed by atoms with Crippen LogP contribution in [0.4, 0.5) is 0 Å². The number of aliphatic carboxylic acids is 1. The number of allylic oxidation sites excluding steroid dienone is 1. The lowest BCUT2D eigenvalue weighted by molar-refractivity contribution is -0.132. The summed E-state index contributed by atoms with van der Waals surface area (Å²) in [4.78, 5) is 10.6. The molecule has 1 aromatic rings. The van der Waals surface area contributed by atoms with Crippen LogP contribution in [0.1, 0.15) is 12.0 Å². The van der Waals surface area contributed by atoms with Crippen molar-refractivity contribution in [2.75, 3.05) is 7.11 Å². The van der Waals surface area contributed by atoms with Crippen molar-refractivity contribution < 1.29 is 14.6 Å². The lowest BCUT2D eigenvalue weighted by atomic mass is 10.2. The predicted octanol–water partition coefficient (Wildman–Crippen LogP) is 1.94. The van der Waals surface area contributed by atoms with Crippen molar-refractivity contribution in [2.45, 2.75) is 6.42 Å². The fourth-order valence-corrected chi connectivity index (χ4v) is 1.41. The Morgan fingerprint density at radius 2 is 2.00 bits per heavy atom. The molecule has 1 aromatic carbocycles. The highest BCUT2D eigenvalue weighted by atomic mass is 16.5. The predicted molar refractivity (Wildman–Crippen MR) is 52.2 cm³/mol. The molecular formula is C11H10O3. The topological polar surface area (TPSA) is 46.5 Å². The van der Waals surface area contributed by atoms with Crippen LogP contribution in [0.5, 0.6) is 5.75 Å². The van der Waals surface area contributed by atoms with Gasteiger partial charge >= 0.3 is 5.97 Å². The Morgan fingerprint density at radius 3 is 2.43 bits per heavy atom. The van der Waals surface area contributed by atoms with Gasteiger partial charge in [-0.15, -0.1) is 0 Å². The maximum Gasteiger partial charge on any atom is 0.332 e. The fourth-order valence-electron chi connectivity index (χ4n) is 1.41. The van der Waals surface area contributed by atoms with E-state index < -0.39 is 5.97 Å². The first-order chi connectivity index (χ1) is 6.72. The molecule has 14 heavy (non-hydrogen) atoms. The van der Waals surface area contributed by atoms with E-state index in [0.717, 1.165) is 16.9 Å². The standard InChI is InChI=1S/C11H10O3/c1-14-8-4-2-7(3-5-8)9-6-10(9)11(12)13/h2-5H,6H2,1H3,(H,12,13). The Labute approximate surface area is 81.6 Å². The summed E-state index contributed by atoms with van der Waals surface area (Å²) in [6.07, 6.45) is 0.599.